The van der Waals surface area contributed by atoms with E-state index in [-0.39, 0.29) is 11.6 Å². The molecule has 4 aromatic rings. The number of fused-ring (bicyclic) bond motifs is 1. The standard InChI is InChI=1S/C22H18BrN3O4/c1-28-18-8-3-14(4-9-18)13-26-21(20(24-25-26)22(27)29-2)30-19-10-6-15-11-17(23)7-5-16(15)12-19/h3-12H,13H2,1-2H3. The van der Waals surface area contributed by atoms with Gasteiger partial charge in [0, 0.05) is 4.47 Å². The highest BCUT2D eigenvalue weighted by atomic mass is 79.9. The quantitative estimate of drug-likeness (QED) is 0.378. The van der Waals surface area contributed by atoms with E-state index in [1.54, 1.807) is 7.11 Å². The first-order chi connectivity index (χ1) is 14.6. The van der Waals surface area contributed by atoms with Gasteiger partial charge in [0.2, 0.25) is 5.69 Å². The first-order valence-corrected chi connectivity index (χ1v) is 9.88. The van der Waals surface area contributed by atoms with Crippen LogP contribution >= 0.6 is 15.9 Å². The van der Waals surface area contributed by atoms with Gasteiger partial charge < -0.3 is 14.2 Å². The molecule has 0 saturated carbocycles. The number of rotatable bonds is 6. The Balaban J connectivity index is 1.68. The number of ether oxygens (including phenoxy) is 3. The maximum absolute atomic E-state index is 12.2. The molecule has 0 atom stereocenters. The average Bonchev–Trinajstić information content (AvgIpc) is 3.15. The number of methoxy groups -OCH3 is 2. The zero-order valence-electron chi connectivity index (χ0n) is 16.3. The fourth-order valence-electron chi connectivity index (χ4n) is 3.01. The van der Waals surface area contributed by atoms with E-state index in [0.29, 0.717) is 12.3 Å². The summed E-state index contributed by atoms with van der Waals surface area (Å²) >= 11 is 3.47. The molecule has 3 aromatic carbocycles. The fourth-order valence-corrected chi connectivity index (χ4v) is 3.39. The molecule has 8 heteroatoms. The minimum Gasteiger partial charge on any atom is -0.497 e. The first-order valence-electron chi connectivity index (χ1n) is 9.09. The third kappa shape index (κ3) is 4.13. The van der Waals surface area contributed by atoms with Crippen molar-refractivity contribution in [3.8, 4) is 17.4 Å². The van der Waals surface area contributed by atoms with E-state index in [1.807, 2.05) is 60.7 Å². The maximum Gasteiger partial charge on any atom is 0.364 e. The van der Waals surface area contributed by atoms with E-state index in [9.17, 15) is 4.79 Å². The van der Waals surface area contributed by atoms with Crippen LogP contribution in [0.1, 0.15) is 16.1 Å². The number of hydrogen-bond acceptors (Lipinski definition) is 6. The Hall–Kier alpha value is -3.39. The molecule has 0 amide bonds. The van der Waals surface area contributed by atoms with Gasteiger partial charge in [-0.25, -0.2) is 9.48 Å². The number of esters is 1. The third-order valence-electron chi connectivity index (χ3n) is 4.55. The smallest absolute Gasteiger partial charge is 0.364 e. The Labute approximate surface area is 181 Å². The Morgan fingerprint density at radius 3 is 2.40 bits per heavy atom. The van der Waals surface area contributed by atoms with Crippen molar-refractivity contribution in [2.24, 2.45) is 0 Å². The Morgan fingerprint density at radius 2 is 1.67 bits per heavy atom. The van der Waals surface area contributed by atoms with Gasteiger partial charge in [-0.15, -0.1) is 5.10 Å². The molecule has 0 spiro atoms. The lowest BCUT2D eigenvalue weighted by atomic mass is 10.1. The van der Waals surface area contributed by atoms with Gasteiger partial charge in [-0.1, -0.05) is 45.4 Å². The summed E-state index contributed by atoms with van der Waals surface area (Å²) in [7, 11) is 2.91. The van der Waals surface area contributed by atoms with Crippen LogP contribution in [0.5, 0.6) is 17.4 Å². The minimum atomic E-state index is -0.615. The van der Waals surface area contributed by atoms with E-state index in [4.69, 9.17) is 14.2 Å². The van der Waals surface area contributed by atoms with Crippen molar-refractivity contribution >= 4 is 32.7 Å². The predicted octanol–water partition coefficient (Wildman–Crippen LogP) is 4.83. The fraction of sp³-hybridized carbons (Fsp3) is 0.136. The summed E-state index contributed by atoms with van der Waals surface area (Å²) in [6, 6.07) is 19.2. The van der Waals surface area contributed by atoms with Crippen LogP contribution in [0.25, 0.3) is 10.8 Å². The zero-order chi connectivity index (χ0) is 21.1. The average molecular weight is 468 g/mol. The molecule has 0 unspecified atom stereocenters. The molecule has 0 N–H and O–H groups in total. The summed E-state index contributed by atoms with van der Waals surface area (Å²) in [6.45, 7) is 0.365. The summed E-state index contributed by atoms with van der Waals surface area (Å²) in [5.41, 5.74) is 0.965. The van der Waals surface area contributed by atoms with Crippen LogP contribution < -0.4 is 9.47 Å². The van der Waals surface area contributed by atoms with Crippen LogP contribution in [0.3, 0.4) is 0 Å². The second kappa shape index (κ2) is 8.54. The maximum atomic E-state index is 12.2. The zero-order valence-corrected chi connectivity index (χ0v) is 17.9. The number of hydrogen-bond donors (Lipinski definition) is 0. The van der Waals surface area contributed by atoms with Gasteiger partial charge in [-0.05, 0) is 52.7 Å². The SMILES string of the molecule is COC(=O)c1nnn(Cc2ccc(OC)cc2)c1Oc1ccc2cc(Br)ccc2c1. The van der Waals surface area contributed by atoms with Crippen LogP contribution in [0.15, 0.2) is 65.1 Å². The minimum absolute atomic E-state index is 0.0157. The molecule has 0 bridgehead atoms. The normalized spacial score (nSPS) is 10.8. The summed E-state index contributed by atoms with van der Waals surface area (Å²) in [5, 5.41) is 10.1. The van der Waals surface area contributed by atoms with Crippen molar-refractivity contribution in [1.29, 1.82) is 0 Å². The molecule has 0 saturated heterocycles. The second-order valence-corrected chi connectivity index (χ2v) is 7.41. The number of carbonyl (C=O) groups excluding carboxylic acids is 1. The van der Waals surface area contributed by atoms with Gasteiger partial charge in [0.15, 0.2) is 0 Å². The number of halogens is 1. The molecule has 1 heterocycles. The molecule has 0 fully saturated rings. The molecule has 152 valence electrons. The van der Waals surface area contributed by atoms with Crippen molar-refractivity contribution in [1.82, 2.24) is 15.0 Å². The summed E-state index contributed by atoms with van der Waals surface area (Å²) in [6.07, 6.45) is 0. The van der Waals surface area contributed by atoms with Gasteiger partial charge in [0.25, 0.3) is 5.88 Å². The molecule has 0 aliphatic heterocycles. The lowest BCUT2D eigenvalue weighted by Crippen LogP contribution is -2.07. The van der Waals surface area contributed by atoms with E-state index in [2.05, 4.69) is 26.2 Å². The first kappa shape index (κ1) is 19.9. The van der Waals surface area contributed by atoms with Crippen molar-refractivity contribution in [3.63, 3.8) is 0 Å². The molecule has 4 rings (SSSR count). The van der Waals surface area contributed by atoms with Crippen molar-refractivity contribution in [3.05, 3.63) is 76.4 Å². The molecule has 1 aromatic heterocycles. The predicted molar refractivity (Wildman–Crippen MR) is 115 cm³/mol. The van der Waals surface area contributed by atoms with Crippen LogP contribution in [-0.4, -0.2) is 35.2 Å². The van der Waals surface area contributed by atoms with Crippen LogP contribution in [0.4, 0.5) is 0 Å². The second-order valence-electron chi connectivity index (χ2n) is 6.50. The molecule has 7 nitrogen and oxygen atoms in total. The molecule has 0 aliphatic rings. The van der Waals surface area contributed by atoms with Gasteiger partial charge >= 0.3 is 5.97 Å². The van der Waals surface area contributed by atoms with Crippen molar-refractivity contribution in [2.75, 3.05) is 14.2 Å². The van der Waals surface area contributed by atoms with Crippen LogP contribution in [-0.2, 0) is 11.3 Å². The molecule has 0 radical (unpaired) electrons. The lowest BCUT2D eigenvalue weighted by molar-refractivity contribution is 0.0590. The van der Waals surface area contributed by atoms with Gasteiger partial charge in [0.1, 0.15) is 11.5 Å². The third-order valence-corrected chi connectivity index (χ3v) is 5.04. The topological polar surface area (TPSA) is 75.5 Å². The van der Waals surface area contributed by atoms with Crippen LogP contribution in [0.2, 0.25) is 0 Å². The molecule has 30 heavy (non-hydrogen) atoms. The number of carbonyl (C=O) groups is 1. The number of benzene rings is 3. The Morgan fingerprint density at radius 1 is 0.967 bits per heavy atom. The lowest BCUT2D eigenvalue weighted by Gasteiger charge is -2.11. The Kier molecular flexibility index (Phi) is 5.67. The number of nitrogens with zero attached hydrogens (tertiary/aromatic N) is 3. The van der Waals surface area contributed by atoms with E-state index >= 15 is 0 Å². The van der Waals surface area contributed by atoms with Gasteiger partial charge in [0.05, 0.1) is 20.8 Å². The van der Waals surface area contributed by atoms with E-state index in [1.165, 1.54) is 11.8 Å². The van der Waals surface area contributed by atoms with Crippen LogP contribution in [0, 0.1) is 0 Å². The largest absolute Gasteiger partial charge is 0.497 e. The van der Waals surface area contributed by atoms with Crippen molar-refractivity contribution < 1.29 is 19.0 Å². The monoisotopic (exact) mass is 467 g/mol. The summed E-state index contributed by atoms with van der Waals surface area (Å²) in [4.78, 5) is 12.2. The van der Waals surface area contributed by atoms with Crippen molar-refractivity contribution in [2.45, 2.75) is 6.54 Å². The molecule has 0 aliphatic carbocycles. The summed E-state index contributed by atoms with van der Waals surface area (Å²) in [5.74, 6) is 0.921. The highest BCUT2D eigenvalue weighted by molar-refractivity contribution is 9.10. The van der Waals surface area contributed by atoms with Gasteiger partial charge in [-0.3, -0.25) is 0 Å². The molecular formula is C22H18BrN3O4. The number of aromatic nitrogens is 3. The Bertz CT molecular complexity index is 1200. The summed E-state index contributed by atoms with van der Waals surface area (Å²) < 4.78 is 18.6. The molecular weight excluding hydrogens is 450 g/mol. The van der Waals surface area contributed by atoms with E-state index < -0.39 is 5.97 Å². The van der Waals surface area contributed by atoms with E-state index in [0.717, 1.165) is 26.6 Å². The highest BCUT2D eigenvalue weighted by Crippen LogP contribution is 2.29. The van der Waals surface area contributed by atoms with Gasteiger partial charge in [-0.2, -0.15) is 0 Å². The highest BCUT2D eigenvalue weighted by Gasteiger charge is 2.23.